The molecular formula is C22H43O6P2S2Zn-. The molecule has 11 heteroatoms. The zero-order valence-corrected chi connectivity index (χ0v) is 26.4. The van der Waals surface area contributed by atoms with Gasteiger partial charge in [-0.05, 0) is 23.6 Å². The monoisotopic (exact) mass is 593 g/mol. The van der Waals surface area contributed by atoms with Gasteiger partial charge >= 0.3 is 13.4 Å². The van der Waals surface area contributed by atoms with Crippen molar-refractivity contribution in [2.45, 2.75) is 103 Å². The van der Waals surface area contributed by atoms with E-state index in [0.29, 0.717) is 0 Å². The minimum Gasteiger partial charge on any atom is -0.325 e. The van der Waals surface area contributed by atoms with E-state index >= 15 is 0 Å². The molecule has 0 aliphatic heterocycles. The van der Waals surface area contributed by atoms with Gasteiger partial charge < -0.3 is 29.4 Å². The average Bonchev–Trinajstić information content (AvgIpc) is 2.66. The normalized spacial score (nSPS) is 10.9. The molecule has 0 saturated carbocycles. The van der Waals surface area contributed by atoms with Crippen LogP contribution < -0.4 is 0 Å². The molecule has 0 radical (unpaired) electrons. The summed E-state index contributed by atoms with van der Waals surface area (Å²) < 4.78 is 0. The molecule has 0 amide bonds. The van der Waals surface area contributed by atoms with Gasteiger partial charge in [-0.3, -0.25) is 0 Å². The molecule has 0 bridgehead atoms. The first-order valence-electron chi connectivity index (χ1n) is 11.5. The first-order chi connectivity index (χ1) is 14.9. The number of unbranched alkanes of at least 4 members (excludes halogenated alkanes) is 13. The Kier molecular flexibility index (Phi) is 30.3. The molecule has 1 rings (SSSR count). The average molecular weight is 595 g/mol. The fourth-order valence-electron chi connectivity index (χ4n) is 3.10. The van der Waals surface area contributed by atoms with Gasteiger partial charge in [-0.15, -0.1) is 0 Å². The smallest absolute Gasteiger partial charge is 0.319 e. The van der Waals surface area contributed by atoms with E-state index in [2.05, 4.69) is 54.8 Å². The molecule has 1 aromatic carbocycles. The maximum absolute atomic E-state index is 7.56. The summed E-state index contributed by atoms with van der Waals surface area (Å²) >= 11 is 7.21. The van der Waals surface area contributed by atoms with Crippen LogP contribution in [0.1, 0.15) is 102 Å². The van der Waals surface area contributed by atoms with Crippen molar-refractivity contribution >= 4 is 37.1 Å². The molecule has 6 N–H and O–H groups in total. The maximum atomic E-state index is 7.56. The fourth-order valence-corrected chi connectivity index (χ4v) is 3.10. The number of rotatable bonds is 15. The quantitative estimate of drug-likeness (QED) is 0.0644. The van der Waals surface area contributed by atoms with Crippen molar-refractivity contribution in [2.24, 2.45) is 0 Å². The minimum absolute atomic E-state index is 0. The summed E-state index contributed by atoms with van der Waals surface area (Å²) in [6, 6.07) is 11.7. The van der Waals surface area contributed by atoms with Gasteiger partial charge in [0.25, 0.3) is 0 Å². The Morgan fingerprint density at radius 3 is 1.27 bits per heavy atom. The molecule has 0 heterocycles. The number of hydrogen-bond donors (Lipinski definition) is 6. The van der Waals surface area contributed by atoms with Gasteiger partial charge in [0.1, 0.15) is 0 Å². The van der Waals surface area contributed by atoms with E-state index in [0.717, 1.165) is 0 Å². The Bertz CT molecular complexity index is 578. The predicted molar refractivity (Wildman–Crippen MR) is 141 cm³/mol. The molecule has 0 fully saturated rings. The zero-order valence-electron chi connectivity index (χ0n) is 20.0. The van der Waals surface area contributed by atoms with E-state index in [1.807, 2.05) is 6.07 Å². The van der Waals surface area contributed by atoms with Gasteiger partial charge in [0.05, 0.1) is 0 Å². The summed E-state index contributed by atoms with van der Waals surface area (Å²) in [4.78, 5) is 45.3. The van der Waals surface area contributed by atoms with Gasteiger partial charge in [-0.1, -0.05) is 103 Å². The summed E-state index contributed by atoms with van der Waals surface area (Å²) in [5.74, 6) is 0. The van der Waals surface area contributed by atoms with Crippen LogP contribution in [-0.2, 0) is 49.5 Å². The predicted octanol–water partition coefficient (Wildman–Crippen LogP) is 5.88. The van der Waals surface area contributed by atoms with Crippen molar-refractivity contribution in [1.29, 1.82) is 0 Å². The van der Waals surface area contributed by atoms with Crippen LogP contribution in [0.5, 0.6) is 0 Å². The molecule has 192 valence electrons. The van der Waals surface area contributed by atoms with Crippen LogP contribution in [0.2, 0.25) is 0 Å². The van der Waals surface area contributed by atoms with Crippen molar-refractivity contribution in [3.8, 4) is 0 Å². The first kappa shape index (κ1) is 38.4. The van der Waals surface area contributed by atoms with Gasteiger partial charge in [-0.25, -0.2) is 0 Å². The fraction of sp³-hybridized carbons (Fsp3) is 0.727. The van der Waals surface area contributed by atoms with Crippen LogP contribution in [-0.4, -0.2) is 29.4 Å². The van der Waals surface area contributed by atoms with Crippen molar-refractivity contribution in [2.75, 3.05) is 0 Å². The SMILES string of the molecule is CCCCCCCCCCCCCCCCc1[c-]cccc1.OP(O)(O)=S.OP(O)(O)=S.[Zn]. The molecule has 33 heavy (non-hydrogen) atoms. The van der Waals surface area contributed by atoms with Gasteiger partial charge in [-0.2, -0.15) is 35.9 Å². The maximum Gasteiger partial charge on any atom is 0.319 e. The van der Waals surface area contributed by atoms with Gasteiger partial charge in [0.15, 0.2) is 0 Å². The second-order valence-corrected chi connectivity index (χ2v) is 12.8. The van der Waals surface area contributed by atoms with Crippen molar-refractivity contribution in [1.82, 2.24) is 0 Å². The van der Waals surface area contributed by atoms with Crippen LogP contribution in [0.3, 0.4) is 0 Å². The second-order valence-electron chi connectivity index (χ2n) is 7.76. The largest absolute Gasteiger partial charge is 0.325 e. The molecule has 0 atom stereocenters. The Hall–Kier alpha value is 0.903. The molecule has 0 aliphatic carbocycles. The van der Waals surface area contributed by atoms with E-state index in [1.165, 1.54) is 102 Å². The Labute approximate surface area is 224 Å². The van der Waals surface area contributed by atoms with Crippen LogP contribution in [0, 0.1) is 6.07 Å². The van der Waals surface area contributed by atoms with E-state index in [9.17, 15) is 0 Å². The Balaban J connectivity index is -0.000000686. The molecular weight excluding hydrogens is 552 g/mol. The van der Waals surface area contributed by atoms with E-state index in [4.69, 9.17) is 29.4 Å². The van der Waals surface area contributed by atoms with E-state index in [1.54, 1.807) is 0 Å². The molecule has 0 spiro atoms. The van der Waals surface area contributed by atoms with Gasteiger partial charge in [0.2, 0.25) is 0 Å². The van der Waals surface area contributed by atoms with Crippen molar-refractivity contribution < 1.29 is 48.8 Å². The van der Waals surface area contributed by atoms with Crippen LogP contribution in [0.4, 0.5) is 0 Å². The minimum atomic E-state index is -3.81. The first-order valence-corrected chi connectivity index (χ1v) is 16.8. The zero-order chi connectivity index (χ0) is 24.7. The Morgan fingerprint density at radius 1 is 0.636 bits per heavy atom. The summed E-state index contributed by atoms with van der Waals surface area (Å²) in [6.45, 7) is -5.32. The summed E-state index contributed by atoms with van der Waals surface area (Å²) in [5.41, 5.74) is 1.38. The molecule has 6 nitrogen and oxygen atoms in total. The molecule has 0 aromatic heterocycles. The number of aryl methyl sites for hydroxylation is 1. The van der Waals surface area contributed by atoms with E-state index < -0.39 is 13.4 Å². The van der Waals surface area contributed by atoms with Gasteiger partial charge in [0, 0.05) is 19.5 Å². The summed E-state index contributed by atoms with van der Waals surface area (Å²) in [6.07, 6.45) is 21.3. The standard InChI is InChI=1S/C22H37.2H3O3PS.Zn/c1-2-3-4-5-6-7-8-9-10-11-12-13-14-16-19-22-20-17-15-18-21-22;2*1-4(2,3)5;/h15,17-18,20H,2-14,16,19H2,1H3;2*(H3,1,2,3,5);/q-1;;;. The van der Waals surface area contributed by atoms with Crippen LogP contribution >= 0.6 is 13.4 Å². The molecule has 0 saturated heterocycles. The van der Waals surface area contributed by atoms with Crippen molar-refractivity contribution in [3.05, 3.63) is 35.9 Å². The topological polar surface area (TPSA) is 121 Å². The van der Waals surface area contributed by atoms with Crippen LogP contribution in [0.25, 0.3) is 0 Å². The number of benzene rings is 1. The molecule has 0 aliphatic rings. The Morgan fingerprint density at radius 2 is 0.970 bits per heavy atom. The summed E-state index contributed by atoms with van der Waals surface area (Å²) in [7, 11) is 0. The van der Waals surface area contributed by atoms with Crippen molar-refractivity contribution in [3.63, 3.8) is 0 Å². The van der Waals surface area contributed by atoms with E-state index in [-0.39, 0.29) is 19.5 Å². The third-order valence-corrected chi connectivity index (χ3v) is 4.57. The van der Waals surface area contributed by atoms with Crippen LogP contribution in [0.15, 0.2) is 24.3 Å². The second kappa shape index (κ2) is 26.0. The molecule has 1 aromatic rings. The summed E-state index contributed by atoms with van der Waals surface area (Å²) in [5, 5.41) is 0. The number of hydrogen-bond acceptors (Lipinski definition) is 2. The third kappa shape index (κ3) is 50.7. The molecule has 0 unspecified atom stereocenters. The third-order valence-electron chi connectivity index (χ3n) is 4.57.